The minimum atomic E-state index is -0.522. The molecule has 2 aliphatic rings. The molecule has 2 aliphatic heterocycles. The number of hydrogen-bond acceptors (Lipinski definition) is 6. The lowest BCUT2D eigenvalue weighted by Gasteiger charge is -2.36. The molecule has 1 atom stereocenters. The number of aliphatic hydroxyl groups is 1. The number of piperazine rings is 1. The Kier molecular flexibility index (Phi) is 7.46. The second kappa shape index (κ2) is 10.0. The number of amides is 1. The Labute approximate surface area is 161 Å². The summed E-state index contributed by atoms with van der Waals surface area (Å²) < 4.78 is 11.0. The molecule has 1 unspecified atom stereocenters. The van der Waals surface area contributed by atoms with E-state index in [1.165, 1.54) is 0 Å². The summed E-state index contributed by atoms with van der Waals surface area (Å²) in [5.74, 6) is 1.02. The number of rotatable bonds is 7. The number of ether oxygens (including phenoxy) is 2. The van der Waals surface area contributed by atoms with Gasteiger partial charge in [0.25, 0.3) is 0 Å². The Bertz CT molecular complexity index is 599. The highest BCUT2D eigenvalue weighted by Crippen LogP contribution is 2.16. The zero-order valence-corrected chi connectivity index (χ0v) is 16.2. The molecule has 1 N–H and O–H groups in total. The van der Waals surface area contributed by atoms with E-state index < -0.39 is 6.10 Å². The lowest BCUT2D eigenvalue weighted by molar-refractivity contribution is -0.137. The molecule has 2 saturated heterocycles. The zero-order valence-electron chi connectivity index (χ0n) is 16.2. The summed E-state index contributed by atoms with van der Waals surface area (Å²) in [5.41, 5.74) is 1.07. The van der Waals surface area contributed by atoms with E-state index in [4.69, 9.17) is 9.47 Å². The molecule has 1 aromatic carbocycles. The van der Waals surface area contributed by atoms with E-state index >= 15 is 0 Å². The van der Waals surface area contributed by atoms with Gasteiger partial charge in [0.05, 0.1) is 19.8 Å². The van der Waals surface area contributed by atoms with Crippen LogP contribution in [0.5, 0.6) is 5.75 Å². The number of carbonyl (C=O) groups is 1. The van der Waals surface area contributed by atoms with E-state index in [-0.39, 0.29) is 5.91 Å². The maximum atomic E-state index is 12.3. The van der Waals surface area contributed by atoms with Gasteiger partial charge >= 0.3 is 0 Å². The van der Waals surface area contributed by atoms with Crippen LogP contribution < -0.4 is 4.74 Å². The van der Waals surface area contributed by atoms with Crippen LogP contribution in [0.3, 0.4) is 0 Å². The van der Waals surface area contributed by atoms with Crippen LogP contribution in [0.15, 0.2) is 24.3 Å². The predicted molar refractivity (Wildman–Crippen MR) is 103 cm³/mol. The molecule has 1 amide bonds. The summed E-state index contributed by atoms with van der Waals surface area (Å²) in [5, 5.41) is 10.3. The first-order chi connectivity index (χ1) is 13.1. The topological polar surface area (TPSA) is 65.5 Å². The number of benzene rings is 1. The van der Waals surface area contributed by atoms with Crippen molar-refractivity contribution in [3.05, 3.63) is 29.8 Å². The average Bonchev–Trinajstić information content (AvgIpc) is 2.69. The van der Waals surface area contributed by atoms with Crippen molar-refractivity contribution in [1.82, 2.24) is 14.7 Å². The lowest BCUT2D eigenvalue weighted by atomic mass is 10.2. The molecule has 0 aliphatic carbocycles. The molecule has 0 saturated carbocycles. The van der Waals surface area contributed by atoms with Crippen LogP contribution >= 0.6 is 0 Å². The van der Waals surface area contributed by atoms with Gasteiger partial charge in [-0.3, -0.25) is 14.6 Å². The van der Waals surface area contributed by atoms with Crippen molar-refractivity contribution in [3.8, 4) is 5.75 Å². The average molecular weight is 377 g/mol. The summed E-state index contributed by atoms with van der Waals surface area (Å²) >= 11 is 0. The van der Waals surface area contributed by atoms with Crippen LogP contribution in [-0.2, 0) is 9.53 Å². The molecule has 150 valence electrons. The highest BCUT2D eigenvalue weighted by atomic mass is 16.5. The van der Waals surface area contributed by atoms with Crippen LogP contribution in [0.2, 0.25) is 0 Å². The quantitative estimate of drug-likeness (QED) is 0.733. The van der Waals surface area contributed by atoms with Gasteiger partial charge in [0.1, 0.15) is 18.5 Å². The number of aryl methyl sites for hydroxylation is 1. The number of hydrogen-bond donors (Lipinski definition) is 1. The molecule has 2 heterocycles. The van der Waals surface area contributed by atoms with Gasteiger partial charge in [-0.25, -0.2) is 0 Å². The molecule has 1 aromatic rings. The third kappa shape index (κ3) is 6.17. The minimum Gasteiger partial charge on any atom is -0.491 e. The van der Waals surface area contributed by atoms with Gasteiger partial charge in [0.2, 0.25) is 5.91 Å². The number of aliphatic hydroxyl groups excluding tert-OH is 1. The normalized spacial score (nSPS) is 20.4. The molecular weight excluding hydrogens is 346 g/mol. The van der Waals surface area contributed by atoms with Crippen molar-refractivity contribution < 1.29 is 19.4 Å². The molecule has 0 aromatic heterocycles. The van der Waals surface area contributed by atoms with E-state index in [0.717, 1.165) is 37.5 Å². The van der Waals surface area contributed by atoms with Gasteiger partial charge in [-0.1, -0.05) is 18.2 Å². The fourth-order valence-electron chi connectivity index (χ4n) is 3.49. The van der Waals surface area contributed by atoms with Crippen LogP contribution in [0.4, 0.5) is 0 Å². The minimum absolute atomic E-state index is 0.193. The predicted octanol–water partition coefficient (Wildman–Crippen LogP) is 0.211. The number of para-hydroxylation sites is 1. The summed E-state index contributed by atoms with van der Waals surface area (Å²) in [6.07, 6.45) is -0.522. The second-order valence-electron chi connectivity index (χ2n) is 7.30. The third-order valence-corrected chi connectivity index (χ3v) is 5.18. The first-order valence-electron chi connectivity index (χ1n) is 9.78. The van der Waals surface area contributed by atoms with E-state index in [1.807, 2.05) is 36.1 Å². The monoisotopic (exact) mass is 377 g/mol. The summed E-state index contributed by atoms with van der Waals surface area (Å²) in [6, 6.07) is 7.83. The van der Waals surface area contributed by atoms with Crippen molar-refractivity contribution in [1.29, 1.82) is 0 Å². The van der Waals surface area contributed by atoms with Gasteiger partial charge < -0.3 is 19.5 Å². The van der Waals surface area contributed by atoms with Crippen molar-refractivity contribution in [2.45, 2.75) is 13.0 Å². The summed E-state index contributed by atoms with van der Waals surface area (Å²) in [7, 11) is 0. The largest absolute Gasteiger partial charge is 0.491 e. The molecule has 0 radical (unpaired) electrons. The first-order valence-corrected chi connectivity index (χ1v) is 9.78. The van der Waals surface area contributed by atoms with Gasteiger partial charge in [0.15, 0.2) is 0 Å². The van der Waals surface area contributed by atoms with Gasteiger partial charge in [-0.2, -0.15) is 0 Å². The molecular formula is C20H31N3O4. The lowest BCUT2D eigenvalue weighted by Crippen LogP contribution is -2.52. The van der Waals surface area contributed by atoms with Crippen LogP contribution in [0.1, 0.15) is 5.56 Å². The van der Waals surface area contributed by atoms with E-state index in [1.54, 1.807) is 0 Å². The molecule has 2 fully saturated rings. The van der Waals surface area contributed by atoms with Crippen LogP contribution in [0, 0.1) is 6.92 Å². The standard InChI is InChI=1S/C20H31N3O4/c1-17-4-2-3-5-19(17)27-16-18(24)14-21-6-8-22(9-7-21)15-20(25)23-10-12-26-13-11-23/h2-5,18,24H,6-16H2,1H3. The Balaban J connectivity index is 1.34. The molecule has 27 heavy (non-hydrogen) atoms. The van der Waals surface area contributed by atoms with Gasteiger partial charge in [0, 0.05) is 45.8 Å². The number of nitrogens with zero attached hydrogens (tertiary/aromatic N) is 3. The molecule has 7 heteroatoms. The molecule has 0 spiro atoms. The van der Waals surface area contributed by atoms with Gasteiger partial charge in [-0.15, -0.1) is 0 Å². The maximum absolute atomic E-state index is 12.3. The van der Waals surface area contributed by atoms with Crippen molar-refractivity contribution in [3.63, 3.8) is 0 Å². The van der Waals surface area contributed by atoms with Crippen LogP contribution in [0.25, 0.3) is 0 Å². The summed E-state index contributed by atoms with van der Waals surface area (Å²) in [4.78, 5) is 18.7. The van der Waals surface area contributed by atoms with E-state index in [0.29, 0.717) is 46.0 Å². The summed E-state index contributed by atoms with van der Waals surface area (Å²) in [6.45, 7) is 9.46. The first kappa shape index (κ1) is 20.1. The Morgan fingerprint density at radius 3 is 2.48 bits per heavy atom. The second-order valence-corrected chi connectivity index (χ2v) is 7.30. The van der Waals surface area contributed by atoms with Gasteiger partial charge in [-0.05, 0) is 18.6 Å². The Morgan fingerprint density at radius 2 is 1.78 bits per heavy atom. The Hall–Kier alpha value is -1.67. The highest BCUT2D eigenvalue weighted by Gasteiger charge is 2.24. The van der Waals surface area contributed by atoms with Crippen molar-refractivity contribution in [2.75, 3.05) is 72.2 Å². The zero-order chi connectivity index (χ0) is 19.1. The van der Waals surface area contributed by atoms with Crippen molar-refractivity contribution >= 4 is 5.91 Å². The number of carbonyl (C=O) groups excluding carboxylic acids is 1. The van der Waals surface area contributed by atoms with E-state index in [9.17, 15) is 9.90 Å². The fourth-order valence-corrected chi connectivity index (χ4v) is 3.49. The number of morpholine rings is 1. The van der Waals surface area contributed by atoms with E-state index in [2.05, 4.69) is 9.80 Å². The molecule has 3 rings (SSSR count). The maximum Gasteiger partial charge on any atom is 0.236 e. The molecule has 0 bridgehead atoms. The number of β-amino-alcohol motifs (C(OH)–C–C–N with tert-alkyl or cyclic N) is 1. The molecule has 7 nitrogen and oxygen atoms in total. The van der Waals surface area contributed by atoms with Crippen molar-refractivity contribution in [2.24, 2.45) is 0 Å². The third-order valence-electron chi connectivity index (χ3n) is 5.18. The Morgan fingerprint density at radius 1 is 1.11 bits per heavy atom. The smallest absolute Gasteiger partial charge is 0.236 e. The highest BCUT2D eigenvalue weighted by molar-refractivity contribution is 5.78. The van der Waals surface area contributed by atoms with Crippen LogP contribution in [-0.4, -0.2) is 104 Å². The fraction of sp³-hybridized carbons (Fsp3) is 0.650. The SMILES string of the molecule is Cc1ccccc1OCC(O)CN1CCN(CC(=O)N2CCOCC2)CC1.